The van der Waals surface area contributed by atoms with Crippen LogP contribution in [0, 0.1) is 5.82 Å². The van der Waals surface area contributed by atoms with Crippen molar-refractivity contribution in [2.75, 3.05) is 0 Å². The van der Waals surface area contributed by atoms with E-state index in [1.165, 1.54) is 42.5 Å². The Kier molecular flexibility index (Phi) is 5.43. The van der Waals surface area contributed by atoms with Gasteiger partial charge in [0.15, 0.2) is 0 Å². The van der Waals surface area contributed by atoms with Crippen molar-refractivity contribution in [2.24, 2.45) is 0 Å². The van der Waals surface area contributed by atoms with Gasteiger partial charge >= 0.3 is 5.97 Å². The number of aromatic carboxylic acids is 1. The topological polar surface area (TPSA) is 121 Å². The molecule has 0 fully saturated rings. The highest BCUT2D eigenvalue weighted by molar-refractivity contribution is 7.88. The van der Waals surface area contributed by atoms with Gasteiger partial charge in [-0.2, -0.15) is 0 Å². The molecule has 0 radical (unpaired) electrons. The smallest absolute Gasteiger partial charge is 0.353 e. The normalized spacial score (nSPS) is 11.5. The molecule has 0 bridgehead atoms. The standard InChI is InChI=1S/C18H16FN3O5S/c19-15-4-2-1-3-13(15)10-20-28(26,27)11-12-5-7-14(8-6-12)22-17(23)9-16(21-22)18(24)25/h1-9,20-21H,10-11H2,(H,24,25). The highest BCUT2D eigenvalue weighted by atomic mass is 32.2. The number of aromatic nitrogens is 2. The number of benzene rings is 2. The quantitative estimate of drug-likeness (QED) is 0.552. The third-order valence-corrected chi connectivity index (χ3v) is 5.24. The Hall–Kier alpha value is -3.24. The van der Waals surface area contributed by atoms with Crippen molar-refractivity contribution < 1.29 is 22.7 Å². The van der Waals surface area contributed by atoms with E-state index in [4.69, 9.17) is 5.11 Å². The van der Waals surface area contributed by atoms with E-state index in [-0.39, 0.29) is 23.6 Å². The number of sulfonamides is 1. The number of hydrogen-bond donors (Lipinski definition) is 3. The molecule has 0 aliphatic rings. The van der Waals surface area contributed by atoms with Crippen molar-refractivity contribution in [3.05, 3.63) is 87.6 Å². The molecular weight excluding hydrogens is 389 g/mol. The summed E-state index contributed by atoms with van der Waals surface area (Å²) in [5.74, 6) is -2.09. The van der Waals surface area contributed by atoms with E-state index in [1.54, 1.807) is 6.07 Å². The van der Waals surface area contributed by atoms with Crippen LogP contribution in [0.15, 0.2) is 59.4 Å². The molecule has 0 atom stereocenters. The zero-order chi connectivity index (χ0) is 20.3. The van der Waals surface area contributed by atoms with E-state index < -0.39 is 27.4 Å². The molecule has 3 N–H and O–H groups in total. The fourth-order valence-corrected chi connectivity index (χ4v) is 3.65. The third kappa shape index (κ3) is 4.53. The third-order valence-electron chi connectivity index (χ3n) is 3.94. The van der Waals surface area contributed by atoms with E-state index in [2.05, 4.69) is 9.82 Å². The van der Waals surface area contributed by atoms with Crippen molar-refractivity contribution in [2.45, 2.75) is 12.3 Å². The summed E-state index contributed by atoms with van der Waals surface area (Å²) in [4.78, 5) is 22.8. The fourth-order valence-electron chi connectivity index (χ4n) is 2.54. The molecule has 0 spiro atoms. The average molecular weight is 405 g/mol. The summed E-state index contributed by atoms with van der Waals surface area (Å²) < 4.78 is 41.4. The van der Waals surface area contributed by atoms with Gasteiger partial charge in [-0.15, -0.1) is 0 Å². The molecular formula is C18H16FN3O5S. The Bertz CT molecular complexity index is 1170. The van der Waals surface area contributed by atoms with Crippen LogP contribution >= 0.6 is 0 Å². The van der Waals surface area contributed by atoms with E-state index in [0.29, 0.717) is 11.3 Å². The molecule has 10 heteroatoms. The number of aromatic amines is 1. The maximum atomic E-state index is 13.6. The minimum Gasteiger partial charge on any atom is -0.477 e. The number of H-pyrrole nitrogens is 1. The molecule has 0 saturated heterocycles. The monoisotopic (exact) mass is 405 g/mol. The summed E-state index contributed by atoms with van der Waals surface area (Å²) in [6.07, 6.45) is 0. The Morgan fingerprint density at radius 2 is 1.82 bits per heavy atom. The number of carboxylic acid groups (broad SMARTS) is 1. The van der Waals surface area contributed by atoms with E-state index in [9.17, 15) is 22.4 Å². The lowest BCUT2D eigenvalue weighted by molar-refractivity contribution is 0.0690. The maximum Gasteiger partial charge on any atom is 0.353 e. The molecule has 0 unspecified atom stereocenters. The van der Waals surface area contributed by atoms with Crippen LogP contribution in [0.25, 0.3) is 5.69 Å². The van der Waals surface area contributed by atoms with Crippen molar-refractivity contribution in [1.29, 1.82) is 0 Å². The highest BCUT2D eigenvalue weighted by Gasteiger charge is 2.14. The number of nitrogens with one attached hydrogen (secondary N) is 2. The first-order valence-electron chi connectivity index (χ1n) is 8.10. The van der Waals surface area contributed by atoms with Gasteiger partial charge < -0.3 is 5.11 Å². The Balaban J connectivity index is 1.70. The number of rotatable bonds is 7. The Morgan fingerprint density at radius 3 is 2.43 bits per heavy atom. The lowest BCUT2D eigenvalue weighted by Crippen LogP contribution is -2.25. The van der Waals surface area contributed by atoms with Crippen LogP contribution in [0.4, 0.5) is 4.39 Å². The van der Waals surface area contributed by atoms with Crippen LogP contribution in [-0.4, -0.2) is 29.3 Å². The Morgan fingerprint density at radius 1 is 1.14 bits per heavy atom. The summed E-state index contributed by atoms with van der Waals surface area (Å²) >= 11 is 0. The molecule has 3 aromatic rings. The summed E-state index contributed by atoms with van der Waals surface area (Å²) in [6, 6.07) is 12.8. The maximum absolute atomic E-state index is 13.6. The second-order valence-electron chi connectivity index (χ2n) is 5.99. The molecule has 3 rings (SSSR count). The number of hydrogen-bond acceptors (Lipinski definition) is 4. The fraction of sp³-hybridized carbons (Fsp3) is 0.111. The zero-order valence-electron chi connectivity index (χ0n) is 14.4. The van der Waals surface area contributed by atoms with Crippen LogP contribution in [0.5, 0.6) is 0 Å². The second-order valence-corrected chi connectivity index (χ2v) is 7.79. The molecule has 1 aromatic heterocycles. The first kappa shape index (κ1) is 19.5. The Labute approximate surface area is 159 Å². The second kappa shape index (κ2) is 7.79. The van der Waals surface area contributed by atoms with Gasteiger partial charge in [0, 0.05) is 18.2 Å². The zero-order valence-corrected chi connectivity index (χ0v) is 15.2. The van der Waals surface area contributed by atoms with Gasteiger partial charge in [0.25, 0.3) is 5.56 Å². The van der Waals surface area contributed by atoms with Gasteiger partial charge in [-0.1, -0.05) is 30.3 Å². The predicted octanol–water partition coefficient (Wildman–Crippen LogP) is 1.62. The van der Waals surface area contributed by atoms with Gasteiger partial charge in [-0.05, 0) is 23.8 Å². The lowest BCUT2D eigenvalue weighted by Gasteiger charge is -2.08. The largest absolute Gasteiger partial charge is 0.477 e. The van der Waals surface area contributed by atoms with Crippen molar-refractivity contribution >= 4 is 16.0 Å². The molecule has 0 aliphatic heterocycles. The van der Waals surface area contributed by atoms with Crippen LogP contribution < -0.4 is 10.3 Å². The minimum absolute atomic E-state index is 0.164. The van der Waals surface area contributed by atoms with E-state index >= 15 is 0 Å². The lowest BCUT2D eigenvalue weighted by atomic mass is 10.2. The molecule has 0 amide bonds. The van der Waals surface area contributed by atoms with E-state index in [0.717, 1.165) is 10.7 Å². The molecule has 0 aliphatic carbocycles. The number of carboxylic acids is 1. The summed E-state index contributed by atoms with van der Waals surface area (Å²) in [7, 11) is -3.71. The first-order chi connectivity index (χ1) is 13.2. The van der Waals surface area contributed by atoms with Crippen molar-refractivity contribution in [3.8, 4) is 5.69 Å². The molecule has 8 nitrogen and oxygen atoms in total. The highest BCUT2D eigenvalue weighted by Crippen LogP contribution is 2.12. The van der Waals surface area contributed by atoms with Crippen molar-refractivity contribution in [3.63, 3.8) is 0 Å². The minimum atomic E-state index is -3.71. The molecule has 2 aromatic carbocycles. The number of nitrogens with zero attached hydrogens (tertiary/aromatic N) is 1. The van der Waals surface area contributed by atoms with Crippen LogP contribution in [-0.2, 0) is 22.3 Å². The van der Waals surface area contributed by atoms with Gasteiger partial charge in [0.05, 0.1) is 11.4 Å². The summed E-state index contributed by atoms with van der Waals surface area (Å²) in [5, 5.41) is 11.4. The van der Waals surface area contributed by atoms with Crippen LogP contribution in [0.3, 0.4) is 0 Å². The summed E-state index contributed by atoms with van der Waals surface area (Å²) in [5.41, 5.74) is 0.237. The van der Waals surface area contributed by atoms with Gasteiger partial charge in [-0.3, -0.25) is 9.89 Å². The van der Waals surface area contributed by atoms with Crippen LogP contribution in [0.1, 0.15) is 21.6 Å². The first-order valence-corrected chi connectivity index (χ1v) is 9.76. The van der Waals surface area contributed by atoms with Crippen LogP contribution in [0.2, 0.25) is 0 Å². The van der Waals surface area contributed by atoms with Gasteiger partial charge in [-0.25, -0.2) is 27.0 Å². The summed E-state index contributed by atoms with van der Waals surface area (Å²) in [6.45, 7) is -0.164. The molecule has 0 saturated carbocycles. The number of halogens is 1. The predicted molar refractivity (Wildman–Crippen MR) is 99.2 cm³/mol. The van der Waals surface area contributed by atoms with Gasteiger partial charge in [0.2, 0.25) is 10.0 Å². The van der Waals surface area contributed by atoms with E-state index in [1.807, 2.05) is 0 Å². The molecule has 1 heterocycles. The number of carbonyl (C=O) groups is 1. The van der Waals surface area contributed by atoms with Gasteiger partial charge in [0.1, 0.15) is 11.5 Å². The van der Waals surface area contributed by atoms with Crippen molar-refractivity contribution in [1.82, 2.24) is 14.5 Å². The molecule has 28 heavy (non-hydrogen) atoms. The SMILES string of the molecule is O=C(O)c1cc(=O)n(-c2ccc(CS(=O)(=O)NCc3ccccc3F)cc2)[nH]1. The molecule has 146 valence electrons. The average Bonchev–Trinajstić information content (AvgIpc) is 3.03.